The molecule has 2 aliphatic rings. The van der Waals surface area contributed by atoms with Gasteiger partial charge in [0.05, 0.1) is 6.17 Å². The molecule has 86 valence electrons. The summed E-state index contributed by atoms with van der Waals surface area (Å²) >= 11 is 0. The van der Waals surface area contributed by atoms with Crippen LogP contribution in [0.3, 0.4) is 0 Å². The lowest BCUT2D eigenvalue weighted by atomic mass is 10.1. The third kappa shape index (κ3) is 3.35. The van der Waals surface area contributed by atoms with E-state index in [4.69, 9.17) is 0 Å². The zero-order valence-electron chi connectivity index (χ0n) is 9.01. The summed E-state index contributed by atoms with van der Waals surface area (Å²) in [5.41, 5.74) is 0. The predicted molar refractivity (Wildman–Crippen MR) is 58.5 cm³/mol. The SMILES string of the molecule is O=C(NCC1CCNC1)NC1CCCN1. The first-order valence-corrected chi connectivity index (χ1v) is 5.83. The predicted octanol–water partition coefficient (Wildman–Crippen LogP) is -0.395. The Morgan fingerprint density at radius 3 is 2.93 bits per heavy atom. The molecule has 0 saturated carbocycles. The zero-order valence-corrected chi connectivity index (χ0v) is 9.01. The molecule has 0 aromatic heterocycles. The summed E-state index contributed by atoms with van der Waals surface area (Å²) in [6, 6.07) is -0.0405. The number of hydrogen-bond acceptors (Lipinski definition) is 3. The Labute approximate surface area is 90.4 Å². The number of carbonyl (C=O) groups is 1. The van der Waals surface area contributed by atoms with Crippen LogP contribution in [0.15, 0.2) is 0 Å². The molecule has 0 bridgehead atoms. The molecule has 0 radical (unpaired) electrons. The highest BCUT2D eigenvalue weighted by molar-refractivity contribution is 5.74. The first-order valence-electron chi connectivity index (χ1n) is 5.83. The standard InChI is InChI=1S/C10H20N4O/c15-10(14-9-2-1-4-12-9)13-7-8-3-5-11-6-8/h8-9,11-12H,1-7H2,(H2,13,14,15). The molecule has 2 saturated heterocycles. The summed E-state index contributed by atoms with van der Waals surface area (Å²) in [5.74, 6) is 0.604. The van der Waals surface area contributed by atoms with Crippen molar-refractivity contribution in [3.05, 3.63) is 0 Å². The van der Waals surface area contributed by atoms with Crippen LogP contribution in [0.2, 0.25) is 0 Å². The number of carbonyl (C=O) groups excluding carboxylic acids is 1. The topological polar surface area (TPSA) is 65.2 Å². The monoisotopic (exact) mass is 212 g/mol. The van der Waals surface area contributed by atoms with Gasteiger partial charge in [0.15, 0.2) is 0 Å². The van der Waals surface area contributed by atoms with E-state index in [2.05, 4.69) is 21.3 Å². The minimum atomic E-state index is -0.0405. The molecule has 2 rings (SSSR count). The average Bonchev–Trinajstić information content (AvgIpc) is 2.86. The Hall–Kier alpha value is -0.810. The molecule has 2 heterocycles. The van der Waals surface area contributed by atoms with Crippen molar-refractivity contribution in [1.29, 1.82) is 0 Å². The third-order valence-corrected chi connectivity index (χ3v) is 3.08. The van der Waals surface area contributed by atoms with E-state index in [0.29, 0.717) is 5.92 Å². The molecule has 5 heteroatoms. The van der Waals surface area contributed by atoms with Crippen LogP contribution in [0.5, 0.6) is 0 Å². The maximum absolute atomic E-state index is 11.5. The highest BCUT2D eigenvalue weighted by atomic mass is 16.2. The van der Waals surface area contributed by atoms with Crippen molar-refractivity contribution in [2.45, 2.75) is 25.4 Å². The molecule has 2 atom stereocenters. The summed E-state index contributed by atoms with van der Waals surface area (Å²) in [6.45, 7) is 3.91. The van der Waals surface area contributed by atoms with Crippen LogP contribution in [0.4, 0.5) is 4.79 Å². The smallest absolute Gasteiger partial charge is 0.316 e. The van der Waals surface area contributed by atoms with Gasteiger partial charge in [-0.1, -0.05) is 0 Å². The Morgan fingerprint density at radius 2 is 2.27 bits per heavy atom. The molecular formula is C10H20N4O. The fourth-order valence-corrected chi connectivity index (χ4v) is 2.14. The van der Waals surface area contributed by atoms with Gasteiger partial charge in [-0.05, 0) is 44.8 Å². The van der Waals surface area contributed by atoms with Gasteiger partial charge in [0.2, 0.25) is 0 Å². The van der Waals surface area contributed by atoms with Crippen molar-refractivity contribution in [1.82, 2.24) is 21.3 Å². The van der Waals surface area contributed by atoms with E-state index in [1.54, 1.807) is 0 Å². The van der Waals surface area contributed by atoms with Crippen molar-refractivity contribution in [2.75, 3.05) is 26.2 Å². The molecule has 2 unspecified atom stereocenters. The molecule has 0 spiro atoms. The van der Waals surface area contributed by atoms with Gasteiger partial charge >= 0.3 is 6.03 Å². The normalized spacial score (nSPS) is 30.4. The van der Waals surface area contributed by atoms with Gasteiger partial charge in [-0.2, -0.15) is 0 Å². The number of amides is 2. The Balaban J connectivity index is 1.59. The summed E-state index contributed by atoms with van der Waals surface area (Å²) in [7, 11) is 0. The lowest BCUT2D eigenvalue weighted by molar-refractivity contribution is 0.234. The van der Waals surface area contributed by atoms with Crippen molar-refractivity contribution < 1.29 is 4.79 Å². The van der Waals surface area contributed by atoms with Crippen LogP contribution >= 0.6 is 0 Å². The maximum Gasteiger partial charge on any atom is 0.316 e. The molecule has 4 N–H and O–H groups in total. The summed E-state index contributed by atoms with van der Waals surface area (Å²) in [5, 5.41) is 12.4. The molecule has 2 fully saturated rings. The minimum Gasteiger partial charge on any atom is -0.338 e. The number of rotatable bonds is 3. The van der Waals surface area contributed by atoms with E-state index in [9.17, 15) is 4.79 Å². The second kappa shape index (κ2) is 5.32. The van der Waals surface area contributed by atoms with Crippen LogP contribution in [0.1, 0.15) is 19.3 Å². The first-order chi connectivity index (χ1) is 7.34. The molecule has 0 aromatic carbocycles. The molecule has 0 aromatic rings. The van der Waals surface area contributed by atoms with Gasteiger partial charge < -0.3 is 16.0 Å². The summed E-state index contributed by atoms with van der Waals surface area (Å²) < 4.78 is 0. The van der Waals surface area contributed by atoms with Crippen LogP contribution in [-0.4, -0.2) is 38.4 Å². The number of urea groups is 1. The maximum atomic E-state index is 11.5. The molecule has 15 heavy (non-hydrogen) atoms. The molecule has 2 aliphatic heterocycles. The zero-order chi connectivity index (χ0) is 10.5. The quantitative estimate of drug-likeness (QED) is 0.515. The van der Waals surface area contributed by atoms with Crippen molar-refractivity contribution in [3.8, 4) is 0 Å². The van der Waals surface area contributed by atoms with Gasteiger partial charge in [0.25, 0.3) is 0 Å². The second-order valence-corrected chi connectivity index (χ2v) is 4.36. The Kier molecular flexibility index (Phi) is 3.80. The van der Waals surface area contributed by atoms with Crippen LogP contribution in [0, 0.1) is 5.92 Å². The summed E-state index contributed by atoms with van der Waals surface area (Å²) in [6.07, 6.45) is 3.53. The van der Waals surface area contributed by atoms with Crippen molar-refractivity contribution >= 4 is 6.03 Å². The van der Waals surface area contributed by atoms with E-state index < -0.39 is 0 Å². The lowest BCUT2D eigenvalue weighted by Gasteiger charge is -2.15. The van der Waals surface area contributed by atoms with Gasteiger partial charge in [-0.15, -0.1) is 0 Å². The summed E-state index contributed by atoms with van der Waals surface area (Å²) in [4.78, 5) is 11.5. The molecule has 5 nitrogen and oxygen atoms in total. The number of hydrogen-bond donors (Lipinski definition) is 4. The highest BCUT2D eigenvalue weighted by Crippen LogP contribution is 2.05. The Morgan fingerprint density at radius 1 is 1.33 bits per heavy atom. The Bertz CT molecular complexity index is 209. The lowest BCUT2D eigenvalue weighted by Crippen LogP contribution is -2.47. The molecule has 0 aliphatic carbocycles. The van der Waals surface area contributed by atoms with Gasteiger partial charge in [0.1, 0.15) is 0 Å². The van der Waals surface area contributed by atoms with E-state index in [0.717, 1.165) is 39.0 Å². The van der Waals surface area contributed by atoms with E-state index >= 15 is 0 Å². The van der Waals surface area contributed by atoms with Gasteiger partial charge in [0, 0.05) is 6.54 Å². The van der Waals surface area contributed by atoms with Gasteiger partial charge in [-0.3, -0.25) is 5.32 Å². The van der Waals surface area contributed by atoms with E-state index in [1.165, 1.54) is 6.42 Å². The van der Waals surface area contributed by atoms with E-state index in [-0.39, 0.29) is 12.2 Å². The number of nitrogens with one attached hydrogen (secondary N) is 4. The second-order valence-electron chi connectivity index (χ2n) is 4.36. The van der Waals surface area contributed by atoms with Crippen LogP contribution in [0.25, 0.3) is 0 Å². The molecule has 2 amide bonds. The largest absolute Gasteiger partial charge is 0.338 e. The fraction of sp³-hybridized carbons (Fsp3) is 0.900. The van der Waals surface area contributed by atoms with Crippen LogP contribution in [-0.2, 0) is 0 Å². The fourth-order valence-electron chi connectivity index (χ4n) is 2.14. The van der Waals surface area contributed by atoms with Gasteiger partial charge in [-0.25, -0.2) is 4.79 Å². The third-order valence-electron chi connectivity index (χ3n) is 3.08. The molecular weight excluding hydrogens is 192 g/mol. The average molecular weight is 212 g/mol. The van der Waals surface area contributed by atoms with Crippen molar-refractivity contribution in [3.63, 3.8) is 0 Å². The van der Waals surface area contributed by atoms with Crippen molar-refractivity contribution in [2.24, 2.45) is 5.92 Å². The first kappa shape index (κ1) is 10.7. The van der Waals surface area contributed by atoms with Crippen LogP contribution < -0.4 is 21.3 Å². The van der Waals surface area contributed by atoms with E-state index in [1.807, 2.05) is 0 Å². The minimum absolute atomic E-state index is 0.0405. The highest BCUT2D eigenvalue weighted by Gasteiger charge is 2.18.